The molecule has 0 aliphatic carbocycles. The number of esters is 1. The standard InChI is InChI=1S/C28H27N3O3/c1-4-21-10-8-9-20(3)26(21)29-25(32)18-34-28(33)24-17-31(23-11-6-5-7-12-23)30-27(24)22-15-13-19(2)14-16-22/h5-17H,4,18H2,1-3H3,(H,29,32). The van der Waals surface area contributed by atoms with Crippen molar-refractivity contribution < 1.29 is 14.3 Å². The molecule has 0 atom stereocenters. The Morgan fingerprint density at radius 3 is 2.38 bits per heavy atom. The minimum absolute atomic E-state index is 0.297. The SMILES string of the molecule is CCc1cccc(C)c1NC(=O)COC(=O)c1cn(-c2ccccc2)nc1-c1ccc(C)cc1. The number of nitrogens with zero attached hydrogens (tertiary/aromatic N) is 2. The van der Waals surface area contributed by atoms with Gasteiger partial charge in [0.2, 0.25) is 0 Å². The van der Waals surface area contributed by atoms with E-state index in [-0.39, 0.29) is 12.5 Å². The lowest BCUT2D eigenvalue weighted by molar-refractivity contribution is -0.119. The molecule has 34 heavy (non-hydrogen) atoms. The Balaban J connectivity index is 1.56. The van der Waals surface area contributed by atoms with E-state index in [1.54, 1.807) is 10.9 Å². The van der Waals surface area contributed by atoms with Crippen LogP contribution in [0.15, 0.2) is 79.0 Å². The maximum Gasteiger partial charge on any atom is 0.342 e. The fourth-order valence-electron chi connectivity index (χ4n) is 3.75. The number of rotatable bonds is 7. The molecule has 1 N–H and O–H groups in total. The highest BCUT2D eigenvalue weighted by molar-refractivity contribution is 5.99. The first-order valence-corrected chi connectivity index (χ1v) is 11.2. The van der Waals surface area contributed by atoms with Crippen molar-refractivity contribution in [3.05, 3.63) is 101 Å². The van der Waals surface area contributed by atoms with E-state index < -0.39 is 5.97 Å². The van der Waals surface area contributed by atoms with Crippen LogP contribution in [0.4, 0.5) is 5.69 Å². The molecule has 6 nitrogen and oxygen atoms in total. The van der Waals surface area contributed by atoms with Gasteiger partial charge in [0.05, 0.1) is 5.69 Å². The monoisotopic (exact) mass is 453 g/mol. The number of hydrogen-bond donors (Lipinski definition) is 1. The van der Waals surface area contributed by atoms with E-state index in [1.165, 1.54) is 0 Å². The normalized spacial score (nSPS) is 10.7. The number of amides is 1. The molecule has 0 radical (unpaired) electrons. The highest BCUT2D eigenvalue weighted by atomic mass is 16.5. The lowest BCUT2D eigenvalue weighted by Crippen LogP contribution is -2.22. The summed E-state index contributed by atoms with van der Waals surface area (Å²) in [6, 6.07) is 23.2. The number of aromatic nitrogens is 2. The molecule has 6 heteroatoms. The van der Waals surface area contributed by atoms with Crippen LogP contribution in [0, 0.1) is 13.8 Å². The summed E-state index contributed by atoms with van der Waals surface area (Å²) in [6.45, 7) is 5.58. The molecule has 0 aliphatic heterocycles. The zero-order valence-corrected chi connectivity index (χ0v) is 19.5. The Kier molecular flexibility index (Phi) is 6.87. The van der Waals surface area contributed by atoms with E-state index in [0.29, 0.717) is 11.3 Å². The molecular formula is C28H27N3O3. The molecule has 0 aliphatic rings. The smallest absolute Gasteiger partial charge is 0.342 e. The lowest BCUT2D eigenvalue weighted by Gasteiger charge is -2.13. The van der Waals surface area contributed by atoms with E-state index in [4.69, 9.17) is 4.74 Å². The van der Waals surface area contributed by atoms with Gasteiger partial charge in [-0.1, -0.05) is 73.2 Å². The number of nitrogens with one attached hydrogen (secondary N) is 1. The number of carbonyl (C=O) groups is 2. The predicted octanol–water partition coefficient (Wildman–Crippen LogP) is 5.51. The van der Waals surface area contributed by atoms with Crippen molar-refractivity contribution in [1.29, 1.82) is 0 Å². The van der Waals surface area contributed by atoms with Gasteiger partial charge in [-0.3, -0.25) is 4.79 Å². The predicted molar refractivity (Wildman–Crippen MR) is 133 cm³/mol. The summed E-state index contributed by atoms with van der Waals surface area (Å²) in [6.07, 6.45) is 2.43. The molecule has 1 heterocycles. The van der Waals surface area contributed by atoms with Gasteiger partial charge in [-0.25, -0.2) is 9.48 Å². The van der Waals surface area contributed by atoms with Gasteiger partial charge in [0.1, 0.15) is 11.3 Å². The minimum atomic E-state index is -0.603. The second-order valence-electron chi connectivity index (χ2n) is 8.12. The third-order valence-corrected chi connectivity index (χ3v) is 5.62. The quantitative estimate of drug-likeness (QED) is 0.374. The Morgan fingerprint density at radius 2 is 1.68 bits per heavy atom. The first-order chi connectivity index (χ1) is 16.5. The van der Waals surface area contributed by atoms with Crippen molar-refractivity contribution in [2.45, 2.75) is 27.2 Å². The summed E-state index contributed by atoms with van der Waals surface area (Å²) in [5.74, 6) is -0.988. The highest BCUT2D eigenvalue weighted by Gasteiger charge is 2.21. The van der Waals surface area contributed by atoms with E-state index in [9.17, 15) is 9.59 Å². The van der Waals surface area contributed by atoms with Crippen LogP contribution in [0.5, 0.6) is 0 Å². The van der Waals surface area contributed by atoms with Crippen molar-refractivity contribution >= 4 is 17.6 Å². The molecule has 0 unspecified atom stereocenters. The van der Waals surface area contributed by atoms with Crippen molar-refractivity contribution in [2.24, 2.45) is 0 Å². The first kappa shape index (κ1) is 23.0. The molecular weight excluding hydrogens is 426 g/mol. The highest BCUT2D eigenvalue weighted by Crippen LogP contribution is 2.25. The summed E-state index contributed by atoms with van der Waals surface area (Å²) in [5.41, 5.74) is 6.28. The summed E-state index contributed by atoms with van der Waals surface area (Å²) in [4.78, 5) is 25.6. The van der Waals surface area contributed by atoms with E-state index >= 15 is 0 Å². The van der Waals surface area contributed by atoms with Gasteiger partial charge in [-0.15, -0.1) is 0 Å². The Labute approximate surface area is 199 Å². The van der Waals surface area contributed by atoms with Crippen molar-refractivity contribution in [3.8, 4) is 16.9 Å². The molecule has 3 aromatic carbocycles. The number of anilines is 1. The second-order valence-corrected chi connectivity index (χ2v) is 8.12. The van der Waals surface area contributed by atoms with E-state index in [2.05, 4.69) is 10.4 Å². The third kappa shape index (κ3) is 5.07. The summed E-state index contributed by atoms with van der Waals surface area (Å²) < 4.78 is 7.05. The molecule has 4 rings (SSSR count). The number of benzene rings is 3. The van der Waals surface area contributed by atoms with Crippen LogP contribution >= 0.6 is 0 Å². The summed E-state index contributed by atoms with van der Waals surface area (Å²) in [5, 5.41) is 7.53. The van der Waals surface area contributed by atoms with Gasteiger partial charge in [0.25, 0.3) is 5.91 Å². The maximum absolute atomic E-state index is 13.0. The van der Waals surface area contributed by atoms with Crippen LogP contribution in [0.3, 0.4) is 0 Å². The Morgan fingerprint density at radius 1 is 0.941 bits per heavy atom. The second kappa shape index (κ2) is 10.2. The average Bonchev–Trinajstić information content (AvgIpc) is 3.30. The van der Waals surface area contributed by atoms with Crippen LogP contribution in [0.25, 0.3) is 16.9 Å². The van der Waals surface area contributed by atoms with Gasteiger partial charge >= 0.3 is 5.97 Å². The van der Waals surface area contributed by atoms with Crippen LogP contribution in [0.2, 0.25) is 0 Å². The Hall–Kier alpha value is -4.19. The fraction of sp³-hybridized carbons (Fsp3) is 0.179. The third-order valence-electron chi connectivity index (χ3n) is 5.62. The molecule has 0 saturated heterocycles. The van der Waals surface area contributed by atoms with Crippen LogP contribution in [0.1, 0.15) is 34.0 Å². The molecule has 0 bridgehead atoms. The first-order valence-electron chi connectivity index (χ1n) is 11.2. The van der Waals surface area contributed by atoms with Gasteiger partial charge in [-0.2, -0.15) is 5.10 Å². The zero-order valence-electron chi connectivity index (χ0n) is 19.5. The molecule has 1 amide bonds. The van der Waals surface area contributed by atoms with E-state index in [0.717, 1.165) is 40.0 Å². The van der Waals surface area contributed by atoms with Crippen LogP contribution in [-0.4, -0.2) is 28.3 Å². The summed E-state index contributed by atoms with van der Waals surface area (Å²) in [7, 11) is 0. The average molecular weight is 454 g/mol. The molecule has 0 spiro atoms. The van der Waals surface area contributed by atoms with Crippen LogP contribution < -0.4 is 5.32 Å². The molecule has 0 saturated carbocycles. The number of para-hydroxylation sites is 2. The molecule has 0 fully saturated rings. The zero-order chi connectivity index (χ0) is 24.1. The topological polar surface area (TPSA) is 73.2 Å². The van der Waals surface area contributed by atoms with Gasteiger partial charge in [0, 0.05) is 17.4 Å². The van der Waals surface area contributed by atoms with Crippen molar-refractivity contribution in [1.82, 2.24) is 9.78 Å². The summed E-state index contributed by atoms with van der Waals surface area (Å²) >= 11 is 0. The largest absolute Gasteiger partial charge is 0.452 e. The van der Waals surface area contributed by atoms with Crippen LogP contribution in [-0.2, 0) is 16.0 Å². The van der Waals surface area contributed by atoms with Gasteiger partial charge < -0.3 is 10.1 Å². The minimum Gasteiger partial charge on any atom is -0.452 e. The molecule has 4 aromatic rings. The molecule has 1 aromatic heterocycles. The van der Waals surface area contributed by atoms with Crippen molar-refractivity contribution in [2.75, 3.05) is 11.9 Å². The Bertz CT molecular complexity index is 1310. The lowest BCUT2D eigenvalue weighted by atomic mass is 10.1. The van der Waals surface area contributed by atoms with E-state index in [1.807, 2.05) is 93.6 Å². The fourth-order valence-corrected chi connectivity index (χ4v) is 3.75. The van der Waals surface area contributed by atoms with Gasteiger partial charge in [0.15, 0.2) is 6.61 Å². The number of carbonyl (C=O) groups excluding carboxylic acids is 2. The maximum atomic E-state index is 13.0. The van der Waals surface area contributed by atoms with Crippen molar-refractivity contribution in [3.63, 3.8) is 0 Å². The van der Waals surface area contributed by atoms with Gasteiger partial charge in [-0.05, 0) is 43.5 Å². The number of ether oxygens (including phenoxy) is 1. The number of hydrogen-bond acceptors (Lipinski definition) is 4. The molecule has 172 valence electrons. The number of aryl methyl sites for hydroxylation is 3.